The Hall–Kier alpha value is -2.37. The normalized spacial score (nSPS) is 19.5. The van der Waals surface area contributed by atoms with Gasteiger partial charge in [-0.1, -0.05) is 26.7 Å². The van der Waals surface area contributed by atoms with E-state index in [-0.39, 0.29) is 30.9 Å². The highest BCUT2D eigenvalue weighted by molar-refractivity contribution is 5.95. The minimum Gasteiger partial charge on any atom is -0.482 e. The fourth-order valence-electron chi connectivity index (χ4n) is 3.05. The maximum atomic E-state index is 11.9. The summed E-state index contributed by atoms with van der Waals surface area (Å²) in [5.41, 5.74) is 0.607. The second kappa shape index (κ2) is 9.94. The summed E-state index contributed by atoms with van der Waals surface area (Å²) in [6.45, 7) is 3.35. The van der Waals surface area contributed by atoms with Crippen molar-refractivity contribution >= 4 is 17.7 Å². The number of rotatable bonds is 8. The summed E-state index contributed by atoms with van der Waals surface area (Å²) < 4.78 is 10.3. The predicted octanol–water partition coefficient (Wildman–Crippen LogP) is 2.90. The summed E-state index contributed by atoms with van der Waals surface area (Å²) in [5, 5.41) is 2.93. The van der Waals surface area contributed by atoms with Crippen LogP contribution in [0.3, 0.4) is 0 Å². The molecule has 142 valence electrons. The summed E-state index contributed by atoms with van der Waals surface area (Å²) in [7, 11) is 0. The largest absolute Gasteiger partial charge is 0.482 e. The first-order chi connectivity index (χ1) is 12.5. The molecule has 6 heteroatoms. The average Bonchev–Trinajstić information content (AvgIpc) is 2.66. The van der Waals surface area contributed by atoms with Crippen LogP contribution in [0.2, 0.25) is 0 Å². The number of ketones is 1. The zero-order valence-electron chi connectivity index (χ0n) is 15.5. The van der Waals surface area contributed by atoms with Crippen LogP contribution in [0.1, 0.15) is 56.3 Å². The third-order valence-corrected chi connectivity index (χ3v) is 4.68. The van der Waals surface area contributed by atoms with Crippen molar-refractivity contribution in [3.63, 3.8) is 0 Å². The van der Waals surface area contributed by atoms with Crippen LogP contribution in [0.4, 0.5) is 0 Å². The molecule has 6 nitrogen and oxygen atoms in total. The molecular formula is C20H27NO5. The van der Waals surface area contributed by atoms with Crippen molar-refractivity contribution in [1.82, 2.24) is 5.32 Å². The number of ether oxygens (including phenoxy) is 2. The molecule has 0 spiro atoms. The Morgan fingerprint density at radius 3 is 2.42 bits per heavy atom. The molecule has 1 aromatic rings. The SMILES string of the molecule is CCC(=O)c1ccc(OCC(=O)OCC(=O)N[C@H]2CCCC[C@@H]2C)cc1. The van der Waals surface area contributed by atoms with Gasteiger partial charge in [0.15, 0.2) is 19.0 Å². The molecular weight excluding hydrogens is 334 g/mol. The highest BCUT2D eigenvalue weighted by Gasteiger charge is 2.23. The van der Waals surface area contributed by atoms with Crippen LogP contribution in [-0.4, -0.2) is 36.9 Å². The Labute approximate surface area is 154 Å². The summed E-state index contributed by atoms with van der Waals surface area (Å²) in [5.74, 6) is 0.0868. The van der Waals surface area contributed by atoms with Gasteiger partial charge in [-0.25, -0.2) is 4.79 Å². The number of hydrogen-bond donors (Lipinski definition) is 1. The van der Waals surface area contributed by atoms with E-state index in [2.05, 4.69) is 12.2 Å². The lowest BCUT2D eigenvalue weighted by Crippen LogP contribution is -2.43. The van der Waals surface area contributed by atoms with Crippen molar-refractivity contribution in [3.8, 4) is 5.75 Å². The van der Waals surface area contributed by atoms with Crippen LogP contribution in [0, 0.1) is 5.92 Å². The van der Waals surface area contributed by atoms with Crippen molar-refractivity contribution in [2.45, 2.75) is 52.0 Å². The molecule has 0 aromatic heterocycles. The van der Waals surface area contributed by atoms with Crippen molar-refractivity contribution in [2.75, 3.05) is 13.2 Å². The van der Waals surface area contributed by atoms with E-state index in [0.717, 1.165) is 19.3 Å². The van der Waals surface area contributed by atoms with Gasteiger partial charge in [0.25, 0.3) is 5.91 Å². The van der Waals surface area contributed by atoms with E-state index in [1.165, 1.54) is 6.42 Å². The fraction of sp³-hybridized carbons (Fsp3) is 0.550. The van der Waals surface area contributed by atoms with Crippen LogP contribution in [-0.2, 0) is 14.3 Å². The molecule has 0 unspecified atom stereocenters. The molecule has 0 bridgehead atoms. The third-order valence-electron chi connectivity index (χ3n) is 4.68. The number of hydrogen-bond acceptors (Lipinski definition) is 5. The standard InChI is InChI=1S/C20H27NO5/c1-3-18(22)15-8-10-16(11-9-15)25-13-20(24)26-12-19(23)21-17-7-5-4-6-14(17)2/h8-11,14,17H,3-7,12-13H2,1-2H3,(H,21,23)/t14-,17-/m0/s1. The van der Waals surface area contributed by atoms with E-state index in [0.29, 0.717) is 23.7 Å². The van der Waals surface area contributed by atoms with E-state index in [1.54, 1.807) is 31.2 Å². The maximum Gasteiger partial charge on any atom is 0.344 e. The van der Waals surface area contributed by atoms with E-state index < -0.39 is 5.97 Å². The van der Waals surface area contributed by atoms with Gasteiger partial charge in [-0.3, -0.25) is 9.59 Å². The Morgan fingerprint density at radius 2 is 1.77 bits per heavy atom. The first-order valence-corrected chi connectivity index (χ1v) is 9.20. The summed E-state index contributed by atoms with van der Waals surface area (Å²) in [4.78, 5) is 35.2. The Bertz CT molecular complexity index is 626. The molecule has 2 rings (SSSR count). The summed E-state index contributed by atoms with van der Waals surface area (Å²) in [6, 6.07) is 6.74. The van der Waals surface area contributed by atoms with Gasteiger partial charge in [0, 0.05) is 18.0 Å². The molecule has 0 aliphatic heterocycles. The fourth-order valence-corrected chi connectivity index (χ4v) is 3.05. The van der Waals surface area contributed by atoms with Crippen molar-refractivity contribution < 1.29 is 23.9 Å². The smallest absolute Gasteiger partial charge is 0.344 e. The summed E-state index contributed by atoms with van der Waals surface area (Å²) >= 11 is 0. The lowest BCUT2D eigenvalue weighted by Gasteiger charge is -2.29. The van der Waals surface area contributed by atoms with Gasteiger partial charge in [0.2, 0.25) is 0 Å². The molecule has 26 heavy (non-hydrogen) atoms. The lowest BCUT2D eigenvalue weighted by molar-refractivity contribution is -0.150. The number of carbonyl (C=O) groups is 3. The molecule has 0 radical (unpaired) electrons. The van der Waals surface area contributed by atoms with E-state index >= 15 is 0 Å². The Kier molecular flexibility index (Phi) is 7.63. The second-order valence-electron chi connectivity index (χ2n) is 6.69. The van der Waals surface area contributed by atoms with Crippen LogP contribution >= 0.6 is 0 Å². The van der Waals surface area contributed by atoms with Crippen LogP contribution in [0.15, 0.2) is 24.3 Å². The zero-order valence-corrected chi connectivity index (χ0v) is 15.5. The number of amides is 1. The second-order valence-corrected chi connectivity index (χ2v) is 6.69. The molecule has 1 N–H and O–H groups in total. The molecule has 0 heterocycles. The van der Waals surface area contributed by atoms with Crippen molar-refractivity contribution in [3.05, 3.63) is 29.8 Å². The predicted molar refractivity (Wildman–Crippen MR) is 97.1 cm³/mol. The highest BCUT2D eigenvalue weighted by atomic mass is 16.6. The molecule has 2 atom stereocenters. The molecule has 1 amide bonds. The Morgan fingerprint density at radius 1 is 1.08 bits per heavy atom. The van der Waals surface area contributed by atoms with E-state index in [4.69, 9.17) is 9.47 Å². The topological polar surface area (TPSA) is 81.7 Å². The van der Waals surface area contributed by atoms with Crippen LogP contribution in [0.5, 0.6) is 5.75 Å². The molecule has 1 aliphatic rings. The van der Waals surface area contributed by atoms with Gasteiger partial charge in [0.05, 0.1) is 0 Å². The van der Waals surface area contributed by atoms with Gasteiger partial charge in [-0.05, 0) is 43.0 Å². The number of benzene rings is 1. The maximum absolute atomic E-state index is 11.9. The van der Waals surface area contributed by atoms with Gasteiger partial charge in [-0.15, -0.1) is 0 Å². The number of carbonyl (C=O) groups excluding carboxylic acids is 3. The monoisotopic (exact) mass is 361 g/mol. The highest BCUT2D eigenvalue weighted by Crippen LogP contribution is 2.23. The Balaban J connectivity index is 1.68. The minimum atomic E-state index is -0.606. The van der Waals surface area contributed by atoms with Crippen LogP contribution in [0.25, 0.3) is 0 Å². The van der Waals surface area contributed by atoms with Crippen LogP contribution < -0.4 is 10.1 Å². The van der Waals surface area contributed by atoms with Crippen molar-refractivity contribution in [1.29, 1.82) is 0 Å². The number of esters is 1. The summed E-state index contributed by atoms with van der Waals surface area (Å²) in [6.07, 6.45) is 4.84. The van der Waals surface area contributed by atoms with Gasteiger partial charge < -0.3 is 14.8 Å². The third kappa shape index (κ3) is 6.17. The molecule has 1 fully saturated rings. The van der Waals surface area contributed by atoms with E-state index in [9.17, 15) is 14.4 Å². The molecule has 0 saturated heterocycles. The molecule has 1 aliphatic carbocycles. The number of Topliss-reactive ketones (excluding diaryl/α,β-unsaturated/α-hetero) is 1. The zero-order chi connectivity index (χ0) is 18.9. The first kappa shape index (κ1) is 19.9. The molecule has 1 saturated carbocycles. The van der Waals surface area contributed by atoms with E-state index in [1.807, 2.05) is 0 Å². The quantitative estimate of drug-likeness (QED) is 0.569. The lowest BCUT2D eigenvalue weighted by atomic mass is 9.86. The van der Waals surface area contributed by atoms with Crippen molar-refractivity contribution in [2.24, 2.45) is 5.92 Å². The van der Waals surface area contributed by atoms with Gasteiger partial charge in [-0.2, -0.15) is 0 Å². The first-order valence-electron chi connectivity index (χ1n) is 9.20. The number of nitrogens with one attached hydrogen (secondary N) is 1. The minimum absolute atomic E-state index is 0.0502. The van der Waals surface area contributed by atoms with Gasteiger partial charge in [0.1, 0.15) is 5.75 Å². The van der Waals surface area contributed by atoms with Gasteiger partial charge >= 0.3 is 5.97 Å². The average molecular weight is 361 g/mol. The molecule has 1 aromatic carbocycles.